The number of hydrogen-bond acceptors (Lipinski definition) is 5. The van der Waals surface area contributed by atoms with Crippen LogP contribution in [0.2, 0.25) is 0 Å². The van der Waals surface area contributed by atoms with Gasteiger partial charge in [0, 0.05) is 57.9 Å². The molecule has 34 heavy (non-hydrogen) atoms. The highest BCUT2D eigenvalue weighted by Gasteiger charge is 2.35. The number of rotatable bonds is 9. The summed E-state index contributed by atoms with van der Waals surface area (Å²) in [5, 5.41) is 13.0. The van der Waals surface area contributed by atoms with Crippen LogP contribution in [0.5, 0.6) is 0 Å². The van der Waals surface area contributed by atoms with Gasteiger partial charge in [-0.05, 0) is 50.5 Å². The van der Waals surface area contributed by atoms with E-state index in [1.165, 1.54) is 6.08 Å². The number of hydrogen-bond donors (Lipinski definition) is 2. The third kappa shape index (κ3) is 7.52. The Morgan fingerprint density at radius 1 is 1.32 bits per heavy atom. The quantitative estimate of drug-likeness (QED) is 0.389. The monoisotopic (exact) mass is 482 g/mol. The summed E-state index contributed by atoms with van der Waals surface area (Å²) in [4.78, 5) is 20.7. The van der Waals surface area contributed by atoms with Crippen LogP contribution in [0.3, 0.4) is 0 Å². The van der Waals surface area contributed by atoms with Gasteiger partial charge in [0.2, 0.25) is 11.8 Å². The van der Waals surface area contributed by atoms with Gasteiger partial charge in [-0.25, -0.2) is 13.2 Å². The Morgan fingerprint density at radius 3 is 2.62 bits per heavy atom. The fourth-order valence-corrected chi connectivity index (χ4v) is 5.10. The third-order valence-corrected chi connectivity index (χ3v) is 7.04. The summed E-state index contributed by atoms with van der Waals surface area (Å²) in [6.45, 7) is 8.68. The molecule has 0 aromatic heterocycles. The minimum Gasteiger partial charge on any atom is -0.379 e. The maximum absolute atomic E-state index is 14.2. The van der Waals surface area contributed by atoms with Crippen molar-refractivity contribution in [2.24, 2.45) is 16.8 Å². The molecule has 1 unspecified atom stereocenters. The minimum atomic E-state index is -2.58. The van der Waals surface area contributed by atoms with Crippen molar-refractivity contribution in [2.45, 2.75) is 57.6 Å². The van der Waals surface area contributed by atoms with Crippen molar-refractivity contribution in [3.8, 4) is 0 Å². The predicted octanol–water partition coefficient (Wildman–Crippen LogP) is 3.66. The van der Waals surface area contributed by atoms with Gasteiger partial charge in [-0.15, -0.1) is 0 Å². The Morgan fingerprint density at radius 2 is 2.00 bits per heavy atom. The van der Waals surface area contributed by atoms with E-state index in [2.05, 4.69) is 21.9 Å². The fourth-order valence-electron chi connectivity index (χ4n) is 5.10. The van der Waals surface area contributed by atoms with Crippen molar-refractivity contribution in [3.63, 3.8) is 0 Å². The number of allylic oxidation sites excluding steroid dienone is 5. The number of carbonyl (C=O) groups excluding carboxylic acids is 1. The van der Waals surface area contributed by atoms with Crippen LogP contribution in [-0.2, 0) is 4.79 Å². The number of halogens is 3. The Bertz CT molecular complexity index is 809. The molecule has 1 saturated carbocycles. The van der Waals surface area contributed by atoms with Crippen LogP contribution in [0, 0.1) is 11.8 Å². The summed E-state index contributed by atoms with van der Waals surface area (Å²) in [6, 6.07) is 0. The van der Waals surface area contributed by atoms with Crippen molar-refractivity contribution >= 4 is 12.6 Å². The second-order valence-corrected chi connectivity index (χ2v) is 9.60. The molecule has 3 rings (SSSR count). The highest BCUT2D eigenvalue weighted by atomic mass is 19.3. The molecular weight excluding hydrogens is 445 g/mol. The molecule has 2 atom stereocenters. The van der Waals surface area contributed by atoms with E-state index >= 15 is 0 Å². The van der Waals surface area contributed by atoms with Crippen LogP contribution in [0.1, 0.15) is 45.4 Å². The molecule has 1 amide bonds. The maximum atomic E-state index is 14.2. The van der Waals surface area contributed by atoms with E-state index in [9.17, 15) is 23.1 Å². The normalized spacial score (nSPS) is 25.5. The lowest BCUT2D eigenvalue weighted by atomic mass is 9.84. The number of aliphatic imine (C=N–C) groups is 1. The first-order valence-electron chi connectivity index (χ1n) is 12.2. The van der Waals surface area contributed by atoms with E-state index < -0.39 is 12.2 Å². The number of piperazine rings is 1. The summed E-state index contributed by atoms with van der Waals surface area (Å²) >= 11 is 0. The van der Waals surface area contributed by atoms with E-state index in [0.717, 1.165) is 11.3 Å². The lowest BCUT2D eigenvalue weighted by molar-refractivity contribution is -0.132. The van der Waals surface area contributed by atoms with Crippen molar-refractivity contribution in [2.75, 3.05) is 39.3 Å². The number of amides is 1. The van der Waals surface area contributed by atoms with Crippen molar-refractivity contribution in [3.05, 3.63) is 35.3 Å². The minimum absolute atomic E-state index is 0.0165. The molecule has 1 aliphatic heterocycles. The smallest absolute Gasteiger partial charge is 0.248 e. The molecule has 3 aliphatic rings. The zero-order valence-electron chi connectivity index (χ0n) is 20.0. The largest absolute Gasteiger partial charge is 0.379 e. The highest BCUT2D eigenvalue weighted by molar-refractivity contribution is 5.78. The van der Waals surface area contributed by atoms with E-state index in [1.807, 2.05) is 19.1 Å². The van der Waals surface area contributed by atoms with Crippen LogP contribution < -0.4 is 5.32 Å². The van der Waals surface area contributed by atoms with Crippen LogP contribution in [0.4, 0.5) is 13.2 Å². The third-order valence-electron chi connectivity index (χ3n) is 7.04. The number of carbonyl (C=O) groups is 1. The first-order valence-corrected chi connectivity index (χ1v) is 12.2. The van der Waals surface area contributed by atoms with Gasteiger partial charge in [-0.3, -0.25) is 20.0 Å². The zero-order chi connectivity index (χ0) is 24.7. The first kappa shape index (κ1) is 26.6. The average Bonchev–Trinajstić information content (AvgIpc) is 2.79. The number of nitrogens with zero attached hydrogens (tertiary/aromatic N) is 3. The average molecular weight is 483 g/mol. The van der Waals surface area contributed by atoms with E-state index in [-0.39, 0.29) is 43.0 Å². The van der Waals surface area contributed by atoms with Gasteiger partial charge < -0.3 is 10.0 Å². The molecule has 6 nitrogen and oxygen atoms in total. The van der Waals surface area contributed by atoms with Gasteiger partial charge >= 0.3 is 0 Å². The van der Waals surface area contributed by atoms with E-state index in [0.29, 0.717) is 58.4 Å². The maximum Gasteiger partial charge on any atom is 0.248 e. The van der Waals surface area contributed by atoms with E-state index in [4.69, 9.17) is 0 Å². The summed E-state index contributed by atoms with van der Waals surface area (Å²) in [6.07, 6.45) is 5.56. The van der Waals surface area contributed by atoms with Crippen LogP contribution in [0.25, 0.3) is 0 Å². The fraction of sp³-hybridized carbons (Fsp3) is 0.680. The lowest BCUT2D eigenvalue weighted by Gasteiger charge is -2.37. The molecular formula is C25H37F3N4O2. The second-order valence-electron chi connectivity index (χ2n) is 9.60. The highest BCUT2D eigenvalue weighted by Crippen LogP contribution is 2.37. The molecule has 0 aromatic carbocycles. The molecule has 1 heterocycles. The van der Waals surface area contributed by atoms with Gasteiger partial charge in [0.25, 0.3) is 0 Å². The molecule has 9 heteroatoms. The van der Waals surface area contributed by atoms with Crippen LogP contribution in [0.15, 0.2) is 40.3 Å². The topological polar surface area (TPSA) is 68.2 Å². The molecule has 2 aliphatic carbocycles. The van der Waals surface area contributed by atoms with Gasteiger partial charge in [0.15, 0.2) is 0 Å². The summed E-state index contributed by atoms with van der Waals surface area (Å²) in [7, 11) is 0. The molecule has 190 valence electrons. The summed E-state index contributed by atoms with van der Waals surface area (Å²) in [5.41, 5.74) is 1.56. The van der Waals surface area contributed by atoms with Crippen LogP contribution in [-0.4, -0.2) is 79.0 Å². The molecule has 0 spiro atoms. The molecule has 1 saturated heterocycles. The number of aliphatic hydroxyl groups is 1. The molecule has 0 bridgehead atoms. The molecule has 0 aromatic rings. The van der Waals surface area contributed by atoms with Crippen molar-refractivity contribution < 1.29 is 23.1 Å². The summed E-state index contributed by atoms with van der Waals surface area (Å²) < 4.78 is 40.7. The Balaban J connectivity index is 1.40. The Labute approximate surface area is 200 Å². The number of nitrogens with one attached hydrogen (secondary N) is 1. The molecule has 2 N–H and O–H groups in total. The Hall–Kier alpha value is -1.97. The van der Waals surface area contributed by atoms with Gasteiger partial charge in [0.05, 0.1) is 12.2 Å². The predicted molar refractivity (Wildman–Crippen MR) is 127 cm³/mol. The molecule has 2 fully saturated rings. The standard InChI is InChI=1S/C25H37F3N4O2/c1-3-4-19-14-21(26)15-20(24(19)29-2)17-31-9-11-32(12-10-31)23(34)16-30-22(33)13-18-5-7-25(27,28)8-6-18/h3-4,14,18,20,22,30,33H,2,5-13,15-17H2,1H3/b4-3-/t20-,22?/m1/s1. The number of aliphatic hydroxyl groups excluding tert-OH is 1. The van der Waals surface area contributed by atoms with E-state index in [1.54, 1.807) is 4.90 Å². The zero-order valence-corrected chi connectivity index (χ0v) is 20.0. The SMILES string of the molecule is C=NC1=C(/C=C\C)C=C(F)C[C@@H]1CN1CCN(C(=O)CNC(O)CC2CCC(F)(F)CC2)CC1. The van der Waals surface area contributed by atoms with Crippen LogP contribution >= 0.6 is 0 Å². The van der Waals surface area contributed by atoms with Gasteiger partial charge in [0.1, 0.15) is 12.1 Å². The van der Waals surface area contributed by atoms with Gasteiger partial charge in [-0.1, -0.05) is 12.2 Å². The summed E-state index contributed by atoms with van der Waals surface area (Å²) in [5.74, 6) is -2.86. The lowest BCUT2D eigenvalue weighted by Crippen LogP contribution is -2.52. The number of alkyl halides is 2. The van der Waals surface area contributed by atoms with Gasteiger partial charge in [-0.2, -0.15) is 0 Å². The first-order chi connectivity index (χ1) is 16.2. The Kier molecular flexibility index (Phi) is 9.50. The molecule has 0 radical (unpaired) electrons. The van der Waals surface area contributed by atoms with Crippen molar-refractivity contribution in [1.82, 2.24) is 15.1 Å². The second kappa shape index (κ2) is 12.1. The van der Waals surface area contributed by atoms with Crippen molar-refractivity contribution in [1.29, 1.82) is 0 Å².